The lowest BCUT2D eigenvalue weighted by Gasteiger charge is -2.28. The highest BCUT2D eigenvalue weighted by Gasteiger charge is 2.23. The van der Waals surface area contributed by atoms with Gasteiger partial charge in [0.1, 0.15) is 11.5 Å². The van der Waals surface area contributed by atoms with Gasteiger partial charge in [-0.15, -0.1) is 0 Å². The zero-order valence-electron chi connectivity index (χ0n) is 9.08. The summed E-state index contributed by atoms with van der Waals surface area (Å²) in [5.74, 6) is 2.79. The van der Waals surface area contributed by atoms with Crippen LogP contribution in [0.4, 0.5) is 0 Å². The molecule has 2 heterocycles. The average Bonchev–Trinajstić information content (AvgIpc) is 2.28. The lowest BCUT2D eigenvalue weighted by Crippen LogP contribution is -2.20. The fourth-order valence-corrected chi connectivity index (χ4v) is 2.46. The fourth-order valence-electron chi connectivity index (χ4n) is 2.46. The summed E-state index contributed by atoms with van der Waals surface area (Å²) in [5.41, 5.74) is 2.66. The summed E-state index contributed by atoms with van der Waals surface area (Å²) in [5, 5.41) is 0. The number of hydrogen-bond acceptors (Lipinski definition) is 2. The highest BCUT2D eigenvalue weighted by atomic mass is 16.5. The first-order chi connectivity index (χ1) is 7.34. The Morgan fingerprint density at radius 3 is 3.13 bits per heavy atom. The second-order valence-electron chi connectivity index (χ2n) is 4.60. The summed E-state index contributed by atoms with van der Waals surface area (Å²) in [4.78, 5) is 0. The van der Waals surface area contributed by atoms with Crippen molar-refractivity contribution in [1.82, 2.24) is 0 Å². The van der Waals surface area contributed by atoms with Crippen LogP contribution in [-0.2, 0) is 12.8 Å². The van der Waals surface area contributed by atoms with Gasteiger partial charge in [-0.05, 0) is 36.8 Å². The minimum atomic E-state index is 0.639. The van der Waals surface area contributed by atoms with Crippen LogP contribution in [0.2, 0.25) is 0 Å². The highest BCUT2D eigenvalue weighted by Crippen LogP contribution is 2.39. The second-order valence-corrected chi connectivity index (χ2v) is 4.60. The van der Waals surface area contributed by atoms with Crippen LogP contribution in [0.15, 0.2) is 12.1 Å². The molecule has 1 aromatic carbocycles. The Morgan fingerprint density at radius 2 is 2.20 bits per heavy atom. The SMILES string of the molecule is CC1COc2c(ccc3c2CCCO3)C1. The van der Waals surface area contributed by atoms with Crippen molar-refractivity contribution in [2.24, 2.45) is 5.92 Å². The van der Waals surface area contributed by atoms with Crippen LogP contribution in [0.5, 0.6) is 11.5 Å². The van der Waals surface area contributed by atoms with Crippen LogP contribution in [0, 0.1) is 5.92 Å². The van der Waals surface area contributed by atoms with Gasteiger partial charge in [-0.2, -0.15) is 0 Å². The first kappa shape index (κ1) is 9.08. The molecule has 1 aromatic rings. The van der Waals surface area contributed by atoms with Crippen LogP contribution < -0.4 is 9.47 Å². The molecule has 0 radical (unpaired) electrons. The maximum atomic E-state index is 5.85. The smallest absolute Gasteiger partial charge is 0.129 e. The van der Waals surface area contributed by atoms with Crippen molar-refractivity contribution in [2.45, 2.75) is 26.2 Å². The fraction of sp³-hybridized carbons (Fsp3) is 0.538. The summed E-state index contributed by atoms with van der Waals surface area (Å²) in [6, 6.07) is 4.27. The summed E-state index contributed by atoms with van der Waals surface area (Å²) >= 11 is 0. The normalized spacial score (nSPS) is 23.4. The molecular formula is C13H16O2. The molecular weight excluding hydrogens is 188 g/mol. The van der Waals surface area contributed by atoms with Crippen molar-refractivity contribution in [1.29, 1.82) is 0 Å². The van der Waals surface area contributed by atoms with E-state index in [2.05, 4.69) is 19.1 Å². The maximum Gasteiger partial charge on any atom is 0.129 e. The van der Waals surface area contributed by atoms with Crippen LogP contribution in [0.25, 0.3) is 0 Å². The predicted octanol–water partition coefficient (Wildman–Crippen LogP) is 2.58. The van der Waals surface area contributed by atoms with E-state index in [0.29, 0.717) is 5.92 Å². The van der Waals surface area contributed by atoms with E-state index in [1.165, 1.54) is 11.1 Å². The Kier molecular flexibility index (Phi) is 2.08. The molecule has 1 unspecified atom stereocenters. The largest absolute Gasteiger partial charge is 0.493 e. The molecule has 1 atom stereocenters. The van der Waals surface area contributed by atoms with Gasteiger partial charge >= 0.3 is 0 Å². The topological polar surface area (TPSA) is 18.5 Å². The maximum absolute atomic E-state index is 5.85. The van der Waals surface area contributed by atoms with E-state index >= 15 is 0 Å². The van der Waals surface area contributed by atoms with Crippen molar-refractivity contribution < 1.29 is 9.47 Å². The van der Waals surface area contributed by atoms with Gasteiger partial charge in [0.05, 0.1) is 13.2 Å². The van der Waals surface area contributed by atoms with Gasteiger partial charge in [0.15, 0.2) is 0 Å². The third kappa shape index (κ3) is 1.48. The number of ether oxygens (including phenoxy) is 2. The minimum Gasteiger partial charge on any atom is -0.493 e. The zero-order valence-corrected chi connectivity index (χ0v) is 9.08. The molecule has 2 aliphatic rings. The van der Waals surface area contributed by atoms with Gasteiger partial charge in [0.2, 0.25) is 0 Å². The number of benzene rings is 1. The Bertz CT molecular complexity index is 384. The molecule has 0 fully saturated rings. The number of rotatable bonds is 0. The average molecular weight is 204 g/mol. The van der Waals surface area contributed by atoms with E-state index in [9.17, 15) is 0 Å². The molecule has 0 spiro atoms. The molecule has 2 heteroatoms. The first-order valence-corrected chi connectivity index (χ1v) is 5.75. The van der Waals surface area contributed by atoms with Crippen molar-refractivity contribution in [3.8, 4) is 11.5 Å². The lowest BCUT2D eigenvalue weighted by atomic mass is 9.93. The highest BCUT2D eigenvalue weighted by molar-refractivity contribution is 5.51. The summed E-state index contributed by atoms with van der Waals surface area (Å²) < 4.78 is 11.5. The minimum absolute atomic E-state index is 0.639. The van der Waals surface area contributed by atoms with Crippen LogP contribution in [-0.4, -0.2) is 13.2 Å². The number of hydrogen-bond donors (Lipinski definition) is 0. The molecule has 0 saturated carbocycles. The van der Waals surface area contributed by atoms with Crippen LogP contribution in [0.3, 0.4) is 0 Å². The van der Waals surface area contributed by atoms with Gasteiger partial charge in [0, 0.05) is 5.56 Å². The lowest BCUT2D eigenvalue weighted by molar-refractivity contribution is 0.222. The van der Waals surface area contributed by atoms with Crippen LogP contribution in [0.1, 0.15) is 24.5 Å². The van der Waals surface area contributed by atoms with Gasteiger partial charge < -0.3 is 9.47 Å². The standard InChI is InChI=1S/C13H16O2/c1-9-7-10-4-5-12-11(3-2-6-14-12)13(10)15-8-9/h4-5,9H,2-3,6-8H2,1H3. The molecule has 2 nitrogen and oxygen atoms in total. The molecule has 15 heavy (non-hydrogen) atoms. The molecule has 80 valence electrons. The Balaban J connectivity index is 2.07. The summed E-state index contributed by atoms with van der Waals surface area (Å²) in [7, 11) is 0. The number of fused-ring (bicyclic) bond motifs is 3. The van der Waals surface area contributed by atoms with Crippen molar-refractivity contribution >= 4 is 0 Å². The molecule has 0 saturated heterocycles. The van der Waals surface area contributed by atoms with Gasteiger partial charge in [-0.1, -0.05) is 13.0 Å². The van der Waals surface area contributed by atoms with Crippen LogP contribution >= 0.6 is 0 Å². The zero-order chi connectivity index (χ0) is 10.3. The molecule has 2 aliphatic heterocycles. The van der Waals surface area contributed by atoms with Crippen molar-refractivity contribution in [3.05, 3.63) is 23.3 Å². The van der Waals surface area contributed by atoms with Gasteiger partial charge in [-0.3, -0.25) is 0 Å². The second kappa shape index (κ2) is 3.44. The molecule has 0 N–H and O–H groups in total. The first-order valence-electron chi connectivity index (χ1n) is 5.75. The third-order valence-electron chi connectivity index (χ3n) is 3.21. The molecule has 0 aromatic heterocycles. The molecule has 0 amide bonds. The Hall–Kier alpha value is -1.18. The summed E-state index contributed by atoms with van der Waals surface area (Å²) in [6.45, 7) is 3.94. The van der Waals surface area contributed by atoms with Crippen molar-refractivity contribution in [2.75, 3.05) is 13.2 Å². The molecule has 0 bridgehead atoms. The van der Waals surface area contributed by atoms with Gasteiger partial charge in [0.25, 0.3) is 0 Å². The van der Waals surface area contributed by atoms with E-state index in [4.69, 9.17) is 9.47 Å². The molecule has 3 rings (SSSR count). The quantitative estimate of drug-likeness (QED) is 0.646. The third-order valence-corrected chi connectivity index (χ3v) is 3.21. The Labute approximate surface area is 90.2 Å². The van der Waals surface area contributed by atoms with Crippen molar-refractivity contribution in [3.63, 3.8) is 0 Å². The van der Waals surface area contributed by atoms with E-state index in [1.54, 1.807) is 0 Å². The van der Waals surface area contributed by atoms with E-state index in [0.717, 1.165) is 44.0 Å². The van der Waals surface area contributed by atoms with E-state index in [1.807, 2.05) is 0 Å². The predicted molar refractivity (Wildman–Crippen MR) is 58.6 cm³/mol. The molecule has 0 aliphatic carbocycles. The Morgan fingerprint density at radius 1 is 1.27 bits per heavy atom. The monoisotopic (exact) mass is 204 g/mol. The van der Waals surface area contributed by atoms with E-state index < -0.39 is 0 Å². The summed E-state index contributed by atoms with van der Waals surface area (Å²) in [6.07, 6.45) is 3.36. The van der Waals surface area contributed by atoms with Gasteiger partial charge in [-0.25, -0.2) is 0 Å². The van der Waals surface area contributed by atoms with E-state index in [-0.39, 0.29) is 0 Å².